The summed E-state index contributed by atoms with van der Waals surface area (Å²) >= 11 is 5.67. The molecular weight excluding hydrogens is 324 g/mol. The Hall–Kier alpha value is -2.93. The molecule has 0 spiro atoms. The molecule has 2 aromatic rings. The van der Waals surface area contributed by atoms with Gasteiger partial charge in [0.05, 0.1) is 10.5 Å². The maximum atomic E-state index is 12.0. The van der Waals surface area contributed by atoms with Gasteiger partial charge in [0.25, 0.3) is 5.69 Å². The standard InChI is InChI=1S/C15H11ClN2O5/c16-11-6-5-9(7-13(11)18(21)22)14(19)8-23-15(20)10-3-1-2-4-12(10)17/h1-7H,8,17H2. The summed E-state index contributed by atoms with van der Waals surface area (Å²) in [6, 6.07) is 9.86. The maximum Gasteiger partial charge on any atom is 0.340 e. The lowest BCUT2D eigenvalue weighted by molar-refractivity contribution is -0.384. The van der Waals surface area contributed by atoms with Crippen molar-refractivity contribution in [1.82, 2.24) is 0 Å². The van der Waals surface area contributed by atoms with Gasteiger partial charge in [-0.3, -0.25) is 14.9 Å². The number of esters is 1. The Balaban J connectivity index is 2.08. The molecule has 0 heterocycles. The molecule has 0 aliphatic carbocycles. The summed E-state index contributed by atoms with van der Waals surface area (Å²) in [7, 11) is 0. The number of ketones is 1. The number of hydrogen-bond donors (Lipinski definition) is 1. The summed E-state index contributed by atoms with van der Waals surface area (Å²) < 4.78 is 4.88. The Labute approximate surface area is 135 Å². The topological polar surface area (TPSA) is 113 Å². The smallest absolute Gasteiger partial charge is 0.340 e. The van der Waals surface area contributed by atoms with E-state index in [0.29, 0.717) is 0 Å². The van der Waals surface area contributed by atoms with Gasteiger partial charge in [0.1, 0.15) is 5.02 Å². The van der Waals surface area contributed by atoms with E-state index in [1.807, 2.05) is 0 Å². The average molecular weight is 335 g/mol. The fourth-order valence-corrected chi connectivity index (χ4v) is 1.99. The van der Waals surface area contributed by atoms with Crippen LogP contribution in [0.2, 0.25) is 5.02 Å². The van der Waals surface area contributed by atoms with E-state index in [-0.39, 0.29) is 21.8 Å². The Kier molecular flexibility index (Phi) is 4.92. The second-order valence-corrected chi connectivity index (χ2v) is 4.92. The number of hydrogen-bond acceptors (Lipinski definition) is 6. The number of rotatable bonds is 5. The van der Waals surface area contributed by atoms with Crippen LogP contribution in [0.5, 0.6) is 0 Å². The fraction of sp³-hybridized carbons (Fsp3) is 0.0667. The van der Waals surface area contributed by atoms with Gasteiger partial charge >= 0.3 is 5.97 Å². The van der Waals surface area contributed by atoms with Crippen molar-refractivity contribution in [2.24, 2.45) is 0 Å². The third-order valence-electron chi connectivity index (χ3n) is 2.98. The van der Waals surface area contributed by atoms with Crippen molar-refractivity contribution in [2.45, 2.75) is 0 Å². The number of nitrogens with zero attached hydrogens (tertiary/aromatic N) is 1. The highest BCUT2D eigenvalue weighted by Gasteiger charge is 2.18. The van der Waals surface area contributed by atoms with Crippen LogP contribution in [0.1, 0.15) is 20.7 Å². The Morgan fingerprint density at radius 1 is 1.22 bits per heavy atom. The zero-order valence-corrected chi connectivity index (χ0v) is 12.4. The Morgan fingerprint density at radius 3 is 2.57 bits per heavy atom. The molecule has 2 rings (SSSR count). The number of nitrogens with two attached hydrogens (primary N) is 1. The van der Waals surface area contributed by atoms with Gasteiger partial charge in [-0.15, -0.1) is 0 Å². The molecule has 0 amide bonds. The average Bonchev–Trinajstić information content (AvgIpc) is 2.52. The van der Waals surface area contributed by atoms with E-state index in [2.05, 4.69) is 0 Å². The van der Waals surface area contributed by atoms with Crippen molar-refractivity contribution in [3.05, 3.63) is 68.7 Å². The second kappa shape index (κ2) is 6.89. The van der Waals surface area contributed by atoms with Gasteiger partial charge in [0, 0.05) is 17.3 Å². The van der Waals surface area contributed by atoms with Crippen molar-refractivity contribution in [2.75, 3.05) is 12.3 Å². The van der Waals surface area contributed by atoms with Crippen LogP contribution in [-0.4, -0.2) is 23.3 Å². The normalized spacial score (nSPS) is 10.1. The molecule has 0 aliphatic rings. The highest BCUT2D eigenvalue weighted by Crippen LogP contribution is 2.25. The molecule has 118 valence electrons. The minimum Gasteiger partial charge on any atom is -0.454 e. The number of nitro benzene ring substituents is 1. The number of carbonyl (C=O) groups excluding carboxylic acids is 2. The Morgan fingerprint density at radius 2 is 1.91 bits per heavy atom. The molecule has 7 nitrogen and oxygen atoms in total. The first-order valence-corrected chi connectivity index (χ1v) is 6.76. The van der Waals surface area contributed by atoms with Crippen LogP contribution in [0.25, 0.3) is 0 Å². The van der Waals surface area contributed by atoms with E-state index < -0.39 is 29.0 Å². The molecular formula is C15H11ClN2O5. The molecule has 0 aromatic heterocycles. The summed E-state index contributed by atoms with van der Waals surface area (Å²) in [5.41, 5.74) is 5.63. The third kappa shape index (κ3) is 3.83. The number of carbonyl (C=O) groups is 2. The van der Waals surface area contributed by atoms with Crippen molar-refractivity contribution in [1.29, 1.82) is 0 Å². The predicted molar refractivity (Wildman–Crippen MR) is 83.6 cm³/mol. The molecule has 0 radical (unpaired) electrons. The molecule has 0 aliphatic heterocycles. The SMILES string of the molecule is Nc1ccccc1C(=O)OCC(=O)c1ccc(Cl)c([N+](=O)[O-])c1. The van der Waals surface area contributed by atoms with Gasteiger partial charge in [-0.25, -0.2) is 4.79 Å². The lowest BCUT2D eigenvalue weighted by Crippen LogP contribution is -2.15. The van der Waals surface area contributed by atoms with E-state index >= 15 is 0 Å². The lowest BCUT2D eigenvalue weighted by Gasteiger charge is -2.06. The van der Waals surface area contributed by atoms with E-state index in [1.54, 1.807) is 12.1 Å². The third-order valence-corrected chi connectivity index (χ3v) is 3.30. The molecule has 2 aromatic carbocycles. The molecule has 0 saturated heterocycles. The zero-order chi connectivity index (χ0) is 17.0. The summed E-state index contributed by atoms with van der Waals surface area (Å²) in [4.78, 5) is 33.9. The number of halogens is 1. The first-order valence-electron chi connectivity index (χ1n) is 6.39. The van der Waals surface area contributed by atoms with Crippen LogP contribution in [-0.2, 0) is 4.74 Å². The van der Waals surface area contributed by atoms with Crippen LogP contribution in [0.4, 0.5) is 11.4 Å². The molecule has 0 fully saturated rings. The molecule has 0 atom stereocenters. The van der Waals surface area contributed by atoms with E-state index in [0.717, 1.165) is 6.07 Å². The van der Waals surface area contributed by atoms with Crippen LogP contribution in [0.15, 0.2) is 42.5 Å². The molecule has 2 N–H and O–H groups in total. The van der Waals surface area contributed by atoms with Crippen LogP contribution >= 0.6 is 11.6 Å². The van der Waals surface area contributed by atoms with Crippen LogP contribution in [0.3, 0.4) is 0 Å². The minimum atomic E-state index is -0.750. The minimum absolute atomic E-state index is 0.0231. The largest absolute Gasteiger partial charge is 0.454 e. The summed E-state index contributed by atoms with van der Waals surface area (Å²) in [5.74, 6) is -1.34. The molecule has 8 heteroatoms. The summed E-state index contributed by atoms with van der Waals surface area (Å²) in [5, 5.41) is 10.7. The van der Waals surface area contributed by atoms with Crippen molar-refractivity contribution in [3.8, 4) is 0 Å². The highest BCUT2D eigenvalue weighted by atomic mass is 35.5. The monoisotopic (exact) mass is 334 g/mol. The predicted octanol–water partition coefficient (Wildman–Crippen LogP) is 2.87. The number of ether oxygens (including phenoxy) is 1. The number of anilines is 1. The first kappa shape index (κ1) is 16.4. The molecule has 0 unspecified atom stereocenters. The number of nitrogen functional groups attached to an aromatic ring is 1. The van der Waals surface area contributed by atoms with Crippen molar-refractivity contribution < 1.29 is 19.2 Å². The molecule has 0 bridgehead atoms. The van der Waals surface area contributed by atoms with Gasteiger partial charge in [0.2, 0.25) is 5.78 Å². The zero-order valence-electron chi connectivity index (χ0n) is 11.7. The van der Waals surface area contributed by atoms with Crippen molar-refractivity contribution >= 4 is 34.7 Å². The number of para-hydroxylation sites is 1. The van der Waals surface area contributed by atoms with Gasteiger partial charge < -0.3 is 10.5 Å². The Bertz CT molecular complexity index is 791. The summed E-state index contributed by atoms with van der Waals surface area (Å²) in [6.07, 6.45) is 0. The van der Waals surface area contributed by atoms with Gasteiger partial charge in [-0.2, -0.15) is 0 Å². The quantitative estimate of drug-likeness (QED) is 0.296. The second-order valence-electron chi connectivity index (χ2n) is 4.51. The van der Waals surface area contributed by atoms with Crippen LogP contribution in [0, 0.1) is 10.1 Å². The lowest BCUT2D eigenvalue weighted by atomic mass is 10.1. The fourth-order valence-electron chi connectivity index (χ4n) is 1.80. The molecule has 23 heavy (non-hydrogen) atoms. The van der Waals surface area contributed by atoms with Crippen LogP contribution < -0.4 is 5.73 Å². The van der Waals surface area contributed by atoms with E-state index in [1.165, 1.54) is 24.3 Å². The molecule has 0 saturated carbocycles. The van der Waals surface area contributed by atoms with E-state index in [4.69, 9.17) is 22.1 Å². The number of nitro groups is 1. The van der Waals surface area contributed by atoms with Gasteiger partial charge in [0.15, 0.2) is 6.61 Å². The van der Waals surface area contributed by atoms with Gasteiger partial charge in [-0.05, 0) is 24.3 Å². The van der Waals surface area contributed by atoms with Gasteiger partial charge in [-0.1, -0.05) is 23.7 Å². The highest BCUT2D eigenvalue weighted by molar-refractivity contribution is 6.32. The summed E-state index contributed by atoms with van der Waals surface area (Å²) in [6.45, 7) is -0.564. The van der Waals surface area contributed by atoms with Crippen molar-refractivity contribution in [3.63, 3.8) is 0 Å². The first-order chi connectivity index (χ1) is 10.9. The number of benzene rings is 2. The van der Waals surface area contributed by atoms with E-state index in [9.17, 15) is 19.7 Å². The number of Topliss-reactive ketones (excluding diaryl/α,β-unsaturated/α-hetero) is 1. The maximum absolute atomic E-state index is 12.0.